The summed E-state index contributed by atoms with van der Waals surface area (Å²) >= 11 is 1.83. The van der Waals surface area contributed by atoms with Crippen molar-refractivity contribution in [1.82, 2.24) is 14.5 Å². The van der Waals surface area contributed by atoms with Crippen molar-refractivity contribution >= 4 is 107 Å². The second-order valence-electron chi connectivity index (χ2n) is 12.9. The Morgan fingerprint density at radius 3 is 1.92 bits per heavy atom. The van der Waals surface area contributed by atoms with Crippen molar-refractivity contribution in [2.45, 2.75) is 0 Å². The molecule has 0 amide bonds. The summed E-state index contributed by atoms with van der Waals surface area (Å²) in [6.07, 6.45) is 0. The number of hydrogen-bond acceptors (Lipinski definition) is 3. The van der Waals surface area contributed by atoms with Crippen molar-refractivity contribution in [2.24, 2.45) is 0 Å². The SMILES string of the molecule is [2H]c1c([2H])c([2H])c(-c2nc(-n3c4ccccc4c4c5cccc6c7cccc8c9c(cc(c(cc43)c65)c78)sc3ccccc39)nc3ccccc23)c([2H])c1[2H]. The number of fused-ring (bicyclic) bond motifs is 11. The second kappa shape index (κ2) is 9.63. The maximum atomic E-state index is 8.89. The average molecular weight is 657 g/mol. The highest BCUT2D eigenvalue weighted by Gasteiger charge is 2.23. The van der Waals surface area contributed by atoms with E-state index in [2.05, 4.69) is 95.6 Å². The van der Waals surface area contributed by atoms with Crippen LogP contribution in [0.2, 0.25) is 0 Å². The molecule has 0 N–H and O–H groups in total. The Balaban J connectivity index is 1.28. The van der Waals surface area contributed by atoms with Crippen molar-refractivity contribution in [3.8, 4) is 17.2 Å². The van der Waals surface area contributed by atoms with Gasteiger partial charge in [0.15, 0.2) is 0 Å². The zero-order valence-corrected chi connectivity index (χ0v) is 27.1. The van der Waals surface area contributed by atoms with Gasteiger partial charge < -0.3 is 0 Å². The molecule has 0 atom stereocenters. The van der Waals surface area contributed by atoms with Crippen LogP contribution >= 0.6 is 11.3 Å². The van der Waals surface area contributed by atoms with Gasteiger partial charge in [0.1, 0.15) is 0 Å². The maximum Gasteiger partial charge on any atom is 0.235 e. The van der Waals surface area contributed by atoms with Gasteiger partial charge in [-0.2, -0.15) is 0 Å². The number of para-hydroxylation sites is 2. The van der Waals surface area contributed by atoms with Crippen LogP contribution in [0.5, 0.6) is 0 Å². The molecule has 0 saturated heterocycles. The zero-order valence-electron chi connectivity index (χ0n) is 31.3. The largest absolute Gasteiger partial charge is 0.278 e. The highest BCUT2D eigenvalue weighted by Crippen LogP contribution is 2.49. The summed E-state index contributed by atoms with van der Waals surface area (Å²) in [4.78, 5) is 10.3. The quantitative estimate of drug-likeness (QED) is 0.137. The summed E-state index contributed by atoms with van der Waals surface area (Å²) in [6.45, 7) is 0. The van der Waals surface area contributed by atoms with E-state index >= 15 is 0 Å². The highest BCUT2D eigenvalue weighted by molar-refractivity contribution is 7.26. The molecule has 0 unspecified atom stereocenters. The molecule has 230 valence electrons. The molecule has 3 heterocycles. The van der Waals surface area contributed by atoms with Gasteiger partial charge in [0.2, 0.25) is 5.95 Å². The van der Waals surface area contributed by atoms with E-state index in [9.17, 15) is 0 Å². The molecule has 9 aromatic carbocycles. The molecule has 0 aliphatic rings. The Kier molecular flexibility index (Phi) is 4.29. The molecule has 0 fully saturated rings. The second-order valence-corrected chi connectivity index (χ2v) is 14.0. The lowest BCUT2D eigenvalue weighted by atomic mass is 9.87. The summed E-state index contributed by atoms with van der Waals surface area (Å²) in [5.41, 5.74) is 2.78. The summed E-state index contributed by atoms with van der Waals surface area (Å²) in [5, 5.41) is 14.9. The van der Waals surface area contributed by atoms with Crippen LogP contribution in [-0.2, 0) is 0 Å². The Labute approximate surface area is 296 Å². The normalized spacial score (nSPS) is 13.8. The van der Waals surface area contributed by atoms with Crippen LogP contribution < -0.4 is 0 Å². The number of nitrogens with zero attached hydrogens (tertiary/aromatic N) is 3. The molecule has 3 aromatic heterocycles. The Hall–Kier alpha value is -6.36. The molecule has 0 bridgehead atoms. The van der Waals surface area contributed by atoms with Crippen LogP contribution in [0.25, 0.3) is 113 Å². The van der Waals surface area contributed by atoms with Gasteiger partial charge in [-0.05, 0) is 73.4 Å². The van der Waals surface area contributed by atoms with E-state index in [-0.39, 0.29) is 17.6 Å². The molecule has 0 aliphatic carbocycles. The molecule has 12 rings (SSSR count). The van der Waals surface area contributed by atoms with E-state index < -0.39 is 18.1 Å². The molecular weight excluding hydrogens is 627 g/mol. The highest BCUT2D eigenvalue weighted by atomic mass is 32.1. The van der Waals surface area contributed by atoms with Crippen LogP contribution in [-0.4, -0.2) is 14.5 Å². The first-order chi connectivity index (χ1) is 26.9. The first kappa shape index (κ1) is 22.3. The number of aromatic nitrogens is 3. The van der Waals surface area contributed by atoms with Crippen molar-refractivity contribution in [1.29, 1.82) is 0 Å². The minimum absolute atomic E-state index is 0.0486. The number of benzene rings is 9. The van der Waals surface area contributed by atoms with Gasteiger partial charge in [-0.1, -0.05) is 121 Å². The van der Waals surface area contributed by atoms with Crippen LogP contribution in [0.15, 0.2) is 152 Å². The summed E-state index contributed by atoms with van der Waals surface area (Å²) in [5.74, 6) is 0.357. The fourth-order valence-corrected chi connectivity index (χ4v) is 9.61. The molecule has 12 aromatic rings. The van der Waals surface area contributed by atoms with Gasteiger partial charge in [0.05, 0.1) is 29.1 Å². The fraction of sp³-hybridized carbons (Fsp3) is 0. The van der Waals surface area contributed by atoms with E-state index in [1.807, 2.05) is 41.7 Å². The van der Waals surface area contributed by atoms with Gasteiger partial charge >= 0.3 is 0 Å². The Morgan fingerprint density at radius 2 is 1.10 bits per heavy atom. The lowest BCUT2D eigenvalue weighted by molar-refractivity contribution is 1.01. The number of hydrogen-bond donors (Lipinski definition) is 0. The first-order valence-corrected chi connectivity index (χ1v) is 17.4. The number of thiophene rings is 1. The third-order valence-corrected chi connectivity index (χ3v) is 11.5. The predicted octanol–water partition coefficient (Wildman–Crippen LogP) is 12.8. The monoisotopic (exact) mass is 656 g/mol. The van der Waals surface area contributed by atoms with Crippen molar-refractivity contribution in [2.75, 3.05) is 0 Å². The zero-order chi connectivity index (χ0) is 36.9. The van der Waals surface area contributed by atoms with Crippen LogP contribution in [0.3, 0.4) is 0 Å². The van der Waals surface area contributed by atoms with E-state index in [1.165, 1.54) is 52.5 Å². The van der Waals surface area contributed by atoms with Crippen molar-refractivity contribution in [3.63, 3.8) is 0 Å². The minimum atomic E-state index is -0.440. The standard InChI is InChI=1S/C46H25N3S/c1-2-12-26(13-3-1)45-29-14-4-7-21-36(29)47-46(48-45)49-37-22-8-5-15-30(37)43-32-19-10-17-27-28-18-11-20-33-42(28)35(34(41(27)32)24-38(43)49)25-40-44(33)31-16-6-9-23-39(31)50-40/h1-25H/i1D,2D,3D,12D,13D. The summed E-state index contributed by atoms with van der Waals surface area (Å²) in [7, 11) is 0. The topological polar surface area (TPSA) is 30.7 Å². The Bertz CT molecular complexity index is 3650. The van der Waals surface area contributed by atoms with Gasteiger partial charge in [0, 0.05) is 41.9 Å². The van der Waals surface area contributed by atoms with Crippen LogP contribution in [0.1, 0.15) is 6.85 Å². The molecular formula is C46H25N3S. The van der Waals surface area contributed by atoms with E-state index in [4.69, 9.17) is 16.8 Å². The first-order valence-electron chi connectivity index (χ1n) is 19.1. The third-order valence-electron chi connectivity index (χ3n) is 10.4. The average Bonchev–Trinajstić information content (AvgIpc) is 3.77. The van der Waals surface area contributed by atoms with Gasteiger partial charge in [-0.3, -0.25) is 4.57 Å². The minimum Gasteiger partial charge on any atom is -0.278 e. The molecule has 0 spiro atoms. The Morgan fingerprint density at radius 1 is 0.460 bits per heavy atom. The molecule has 3 nitrogen and oxygen atoms in total. The summed E-state index contributed by atoms with van der Waals surface area (Å²) in [6, 6.07) is 40.5. The fourth-order valence-electron chi connectivity index (χ4n) is 8.45. The van der Waals surface area contributed by atoms with Gasteiger partial charge in [-0.25, -0.2) is 9.97 Å². The summed E-state index contributed by atoms with van der Waals surface area (Å²) < 4.78 is 47.6. The number of rotatable bonds is 2. The lowest BCUT2D eigenvalue weighted by Gasteiger charge is -2.17. The molecule has 50 heavy (non-hydrogen) atoms. The molecule has 0 radical (unpaired) electrons. The van der Waals surface area contributed by atoms with E-state index in [1.54, 1.807) is 0 Å². The third kappa shape index (κ3) is 3.38. The lowest BCUT2D eigenvalue weighted by Crippen LogP contribution is -2.03. The van der Waals surface area contributed by atoms with Crippen LogP contribution in [0.4, 0.5) is 0 Å². The van der Waals surface area contributed by atoms with E-state index in [0.29, 0.717) is 22.5 Å². The maximum absolute atomic E-state index is 8.89. The van der Waals surface area contributed by atoms with Crippen molar-refractivity contribution < 1.29 is 6.85 Å². The molecule has 0 aliphatic heterocycles. The smallest absolute Gasteiger partial charge is 0.235 e. The molecule has 0 saturated carbocycles. The van der Waals surface area contributed by atoms with Gasteiger partial charge in [0.25, 0.3) is 0 Å². The van der Waals surface area contributed by atoms with Gasteiger partial charge in [-0.15, -0.1) is 11.3 Å². The van der Waals surface area contributed by atoms with Crippen LogP contribution in [0, 0.1) is 0 Å². The van der Waals surface area contributed by atoms with E-state index in [0.717, 1.165) is 32.6 Å². The predicted molar refractivity (Wildman–Crippen MR) is 213 cm³/mol. The molecule has 4 heteroatoms. The van der Waals surface area contributed by atoms with Crippen molar-refractivity contribution in [3.05, 3.63) is 152 Å².